The fourth-order valence-electron chi connectivity index (χ4n) is 2.30. The molecule has 2 rings (SSSR count). The molecule has 108 valence electrons. The van der Waals surface area contributed by atoms with Crippen molar-refractivity contribution in [3.8, 4) is 0 Å². The minimum atomic E-state index is -3.91. The molecule has 0 aromatic carbocycles. The molecule has 8 heteroatoms. The number of hydrogen-bond donors (Lipinski definition) is 1. The molecule has 0 aliphatic carbocycles. The highest BCUT2D eigenvalue weighted by Gasteiger charge is 2.35. The van der Waals surface area contributed by atoms with Gasteiger partial charge in [-0.3, -0.25) is 4.57 Å². The van der Waals surface area contributed by atoms with E-state index < -0.39 is 15.6 Å². The van der Waals surface area contributed by atoms with Crippen molar-refractivity contribution in [2.45, 2.75) is 63.4 Å². The third-order valence-electron chi connectivity index (χ3n) is 3.10. The predicted molar refractivity (Wildman–Crippen MR) is 68.9 cm³/mol. The molecule has 19 heavy (non-hydrogen) atoms. The number of hydrogen-bond acceptors (Lipinski definition) is 5. The topological polar surface area (TPSA) is 100 Å². The molecule has 1 aromatic heterocycles. The summed E-state index contributed by atoms with van der Waals surface area (Å²) in [5.74, 6) is 0.529. The summed E-state index contributed by atoms with van der Waals surface area (Å²) < 4.78 is 30.5. The summed E-state index contributed by atoms with van der Waals surface area (Å²) in [6.45, 7) is 7.63. The lowest BCUT2D eigenvalue weighted by Gasteiger charge is -2.25. The second-order valence-corrected chi connectivity index (χ2v) is 7.36. The third kappa shape index (κ3) is 2.80. The van der Waals surface area contributed by atoms with Crippen LogP contribution in [0.3, 0.4) is 0 Å². The molecule has 1 saturated heterocycles. The molecule has 1 aromatic rings. The van der Waals surface area contributed by atoms with Crippen LogP contribution in [0.5, 0.6) is 0 Å². The first-order valence-electron chi connectivity index (χ1n) is 6.25. The smallest absolute Gasteiger partial charge is 0.273 e. The molecular weight excluding hydrogens is 268 g/mol. The Hall–Kier alpha value is -0.990. The van der Waals surface area contributed by atoms with Gasteiger partial charge in [0.1, 0.15) is 6.10 Å². The van der Waals surface area contributed by atoms with Crippen LogP contribution in [0.25, 0.3) is 0 Å². The molecule has 0 radical (unpaired) electrons. The van der Waals surface area contributed by atoms with Crippen LogP contribution in [0, 0.1) is 0 Å². The van der Waals surface area contributed by atoms with Crippen molar-refractivity contribution in [2.24, 2.45) is 5.14 Å². The van der Waals surface area contributed by atoms with Gasteiger partial charge in [0.05, 0.1) is 6.10 Å². The van der Waals surface area contributed by atoms with E-state index in [1.54, 1.807) is 4.57 Å². The van der Waals surface area contributed by atoms with Crippen molar-refractivity contribution in [3.05, 3.63) is 5.82 Å². The highest BCUT2D eigenvalue weighted by atomic mass is 32.2. The van der Waals surface area contributed by atoms with Crippen molar-refractivity contribution >= 4 is 10.0 Å². The maximum Gasteiger partial charge on any atom is 0.273 e. The summed E-state index contributed by atoms with van der Waals surface area (Å²) in [7, 11) is -3.91. The minimum absolute atomic E-state index is 0.146. The van der Waals surface area contributed by atoms with Crippen molar-refractivity contribution in [3.63, 3.8) is 0 Å². The van der Waals surface area contributed by atoms with E-state index in [-0.39, 0.29) is 17.4 Å². The number of sulfonamides is 1. The fourth-order valence-corrected chi connectivity index (χ4v) is 3.07. The van der Waals surface area contributed by atoms with Gasteiger partial charge in [-0.2, -0.15) is 0 Å². The summed E-state index contributed by atoms with van der Waals surface area (Å²) in [6.07, 6.45) is 1.65. The normalized spacial score (nSPS) is 24.9. The molecule has 2 heterocycles. The molecule has 2 unspecified atom stereocenters. The van der Waals surface area contributed by atoms with E-state index >= 15 is 0 Å². The van der Waals surface area contributed by atoms with Crippen molar-refractivity contribution in [1.82, 2.24) is 14.8 Å². The predicted octanol–water partition coefficient (Wildman–Crippen LogP) is 0.920. The second kappa shape index (κ2) is 4.53. The van der Waals surface area contributed by atoms with E-state index in [2.05, 4.69) is 10.2 Å². The second-order valence-electron chi connectivity index (χ2n) is 5.90. The summed E-state index contributed by atoms with van der Waals surface area (Å²) in [5, 5.41) is 12.7. The van der Waals surface area contributed by atoms with E-state index in [4.69, 9.17) is 9.88 Å². The van der Waals surface area contributed by atoms with E-state index in [1.807, 2.05) is 27.7 Å². The van der Waals surface area contributed by atoms with Gasteiger partial charge in [-0.25, -0.2) is 13.6 Å². The van der Waals surface area contributed by atoms with Crippen LogP contribution < -0.4 is 5.14 Å². The Bertz CT molecular complexity index is 573. The lowest BCUT2D eigenvalue weighted by Crippen LogP contribution is -2.31. The summed E-state index contributed by atoms with van der Waals surface area (Å²) in [6, 6.07) is 0. The average molecular weight is 288 g/mol. The Morgan fingerprint density at radius 3 is 2.37 bits per heavy atom. The quantitative estimate of drug-likeness (QED) is 0.872. The Kier molecular flexibility index (Phi) is 3.44. The van der Waals surface area contributed by atoms with Gasteiger partial charge in [0.2, 0.25) is 0 Å². The summed E-state index contributed by atoms with van der Waals surface area (Å²) >= 11 is 0. The van der Waals surface area contributed by atoms with Crippen LogP contribution in [0.4, 0.5) is 0 Å². The number of primary sulfonamides is 1. The van der Waals surface area contributed by atoms with Crippen molar-refractivity contribution in [2.75, 3.05) is 0 Å². The Morgan fingerprint density at radius 2 is 1.95 bits per heavy atom. The van der Waals surface area contributed by atoms with Crippen LogP contribution in [0.2, 0.25) is 0 Å². The van der Waals surface area contributed by atoms with Gasteiger partial charge in [0, 0.05) is 5.54 Å². The maximum absolute atomic E-state index is 11.6. The standard InChI is InChI=1S/C11H20N4O3S/c1-7-5-6-8(18-7)9-13-14-10(19(12,16)17)15(9)11(2,3)4/h7-8H,5-6H2,1-4H3,(H2,12,16,17). The van der Waals surface area contributed by atoms with E-state index in [0.717, 1.165) is 12.8 Å². The van der Waals surface area contributed by atoms with Crippen LogP contribution in [-0.4, -0.2) is 29.3 Å². The molecule has 7 nitrogen and oxygen atoms in total. The van der Waals surface area contributed by atoms with Gasteiger partial charge in [0.15, 0.2) is 5.82 Å². The molecule has 0 saturated carbocycles. The van der Waals surface area contributed by atoms with E-state index in [9.17, 15) is 8.42 Å². The SMILES string of the molecule is CC1CCC(c2nnc(S(N)(=O)=O)n2C(C)(C)C)O1. The first-order valence-corrected chi connectivity index (χ1v) is 7.79. The van der Waals surface area contributed by atoms with Gasteiger partial charge in [-0.1, -0.05) is 0 Å². The monoisotopic (exact) mass is 288 g/mol. The number of rotatable bonds is 2. The molecule has 0 amide bonds. The van der Waals surface area contributed by atoms with Crippen LogP contribution in [-0.2, 0) is 20.3 Å². The zero-order valence-electron chi connectivity index (χ0n) is 11.6. The highest BCUT2D eigenvalue weighted by Crippen LogP contribution is 2.34. The zero-order chi connectivity index (χ0) is 14.4. The molecule has 2 atom stereocenters. The zero-order valence-corrected chi connectivity index (χ0v) is 12.4. The Balaban J connectivity index is 2.54. The van der Waals surface area contributed by atoms with Gasteiger partial charge in [-0.15, -0.1) is 10.2 Å². The van der Waals surface area contributed by atoms with Crippen LogP contribution in [0.1, 0.15) is 52.5 Å². The first-order chi connectivity index (χ1) is 8.60. The molecular formula is C11H20N4O3S. The number of aromatic nitrogens is 3. The van der Waals surface area contributed by atoms with E-state index in [0.29, 0.717) is 5.82 Å². The largest absolute Gasteiger partial charge is 0.367 e. The molecule has 0 bridgehead atoms. The molecule has 2 N–H and O–H groups in total. The van der Waals surface area contributed by atoms with Crippen LogP contribution >= 0.6 is 0 Å². The third-order valence-corrected chi connectivity index (χ3v) is 3.88. The van der Waals surface area contributed by atoms with Crippen molar-refractivity contribution in [1.29, 1.82) is 0 Å². The lowest BCUT2D eigenvalue weighted by molar-refractivity contribution is 0.0449. The molecule has 0 spiro atoms. The maximum atomic E-state index is 11.6. The first kappa shape index (κ1) is 14.4. The van der Waals surface area contributed by atoms with Gasteiger partial charge < -0.3 is 4.74 Å². The number of nitrogens with two attached hydrogens (primary N) is 1. The van der Waals surface area contributed by atoms with Gasteiger partial charge >= 0.3 is 0 Å². The molecule has 1 fully saturated rings. The lowest BCUT2D eigenvalue weighted by atomic mass is 10.1. The summed E-state index contributed by atoms with van der Waals surface area (Å²) in [4.78, 5) is 0. The van der Waals surface area contributed by atoms with Crippen LogP contribution in [0.15, 0.2) is 5.16 Å². The fraction of sp³-hybridized carbons (Fsp3) is 0.818. The summed E-state index contributed by atoms with van der Waals surface area (Å²) in [5.41, 5.74) is -0.490. The van der Waals surface area contributed by atoms with Gasteiger partial charge in [-0.05, 0) is 40.5 Å². The van der Waals surface area contributed by atoms with Crippen molar-refractivity contribution < 1.29 is 13.2 Å². The Labute approximate surface area is 113 Å². The van der Waals surface area contributed by atoms with Gasteiger partial charge in [0.25, 0.3) is 15.2 Å². The highest BCUT2D eigenvalue weighted by molar-refractivity contribution is 7.89. The van der Waals surface area contributed by atoms with E-state index in [1.165, 1.54) is 0 Å². The number of nitrogens with zero attached hydrogens (tertiary/aromatic N) is 3. The average Bonchev–Trinajstić information content (AvgIpc) is 2.79. The molecule has 1 aliphatic heterocycles. The molecule has 1 aliphatic rings. The number of ether oxygens (including phenoxy) is 1. The Morgan fingerprint density at radius 1 is 1.32 bits per heavy atom. The minimum Gasteiger partial charge on any atom is -0.367 e.